The molecule has 36 heavy (non-hydrogen) atoms. The summed E-state index contributed by atoms with van der Waals surface area (Å²) < 4.78 is 13.2. The number of aryl methyl sites for hydroxylation is 1. The Bertz CT molecular complexity index is 1450. The van der Waals surface area contributed by atoms with Crippen LogP contribution in [0.5, 0.6) is 0 Å². The summed E-state index contributed by atoms with van der Waals surface area (Å²) in [6, 6.07) is 8.58. The second kappa shape index (κ2) is 8.85. The first kappa shape index (κ1) is 24.2. The van der Waals surface area contributed by atoms with Crippen molar-refractivity contribution in [1.82, 2.24) is 14.5 Å². The molecule has 2 bridgehead atoms. The minimum atomic E-state index is -4.55. The number of primary amides is 1. The highest BCUT2D eigenvalue weighted by atomic mass is 31.2. The van der Waals surface area contributed by atoms with Gasteiger partial charge in [-0.1, -0.05) is 6.07 Å². The molecule has 2 aliphatic rings. The van der Waals surface area contributed by atoms with E-state index in [2.05, 4.69) is 10.3 Å². The van der Waals surface area contributed by atoms with Crippen molar-refractivity contribution in [3.8, 4) is 0 Å². The van der Waals surface area contributed by atoms with Crippen LogP contribution >= 0.6 is 7.60 Å². The quantitative estimate of drug-likeness (QED) is 0.361. The molecule has 0 spiro atoms. The Morgan fingerprint density at radius 2 is 1.97 bits per heavy atom. The van der Waals surface area contributed by atoms with Crippen LogP contribution in [0.1, 0.15) is 35.3 Å². The summed E-state index contributed by atoms with van der Waals surface area (Å²) in [7, 11) is -4.55. The lowest BCUT2D eigenvalue weighted by molar-refractivity contribution is -0.141. The molecule has 2 fully saturated rings. The van der Waals surface area contributed by atoms with E-state index in [4.69, 9.17) is 5.73 Å². The number of aromatic nitrogens is 2. The first-order chi connectivity index (χ1) is 17.0. The zero-order chi connectivity index (χ0) is 25.8. The van der Waals surface area contributed by atoms with Crippen molar-refractivity contribution in [1.29, 1.82) is 0 Å². The average Bonchev–Trinajstić information content (AvgIpc) is 3.51. The molecule has 5 N–H and O–H groups in total. The van der Waals surface area contributed by atoms with Crippen molar-refractivity contribution in [3.05, 3.63) is 53.9 Å². The van der Waals surface area contributed by atoms with Gasteiger partial charge < -0.3 is 30.3 Å². The van der Waals surface area contributed by atoms with Crippen molar-refractivity contribution in [2.45, 2.75) is 44.8 Å². The van der Waals surface area contributed by atoms with Crippen LogP contribution in [0.4, 0.5) is 5.82 Å². The number of pyridine rings is 1. The second-order valence-corrected chi connectivity index (χ2v) is 11.0. The zero-order valence-electron chi connectivity index (χ0n) is 19.5. The number of carbonyl (C=O) groups is 3. The highest BCUT2D eigenvalue weighted by molar-refractivity contribution is 7.60. The van der Waals surface area contributed by atoms with Crippen molar-refractivity contribution < 1.29 is 28.7 Å². The van der Waals surface area contributed by atoms with Gasteiger partial charge in [0.2, 0.25) is 11.8 Å². The van der Waals surface area contributed by atoms with E-state index >= 15 is 0 Å². The van der Waals surface area contributed by atoms with Crippen molar-refractivity contribution in [2.24, 2.45) is 11.7 Å². The third-order valence-corrected chi connectivity index (χ3v) is 8.00. The molecule has 1 saturated heterocycles. The molecular formula is C24H26N5O6P. The Morgan fingerprint density at radius 3 is 2.67 bits per heavy atom. The van der Waals surface area contributed by atoms with Gasteiger partial charge in [0.05, 0.1) is 10.9 Å². The average molecular weight is 511 g/mol. The first-order valence-electron chi connectivity index (χ1n) is 11.6. The maximum Gasteiger partial charge on any atom is 0.356 e. The molecule has 5 rings (SSSR count). The van der Waals surface area contributed by atoms with Crippen molar-refractivity contribution in [2.75, 3.05) is 5.32 Å². The summed E-state index contributed by atoms with van der Waals surface area (Å²) in [5, 5.41) is 2.84. The Labute approximate surface area is 206 Å². The molecule has 1 saturated carbocycles. The summed E-state index contributed by atoms with van der Waals surface area (Å²) >= 11 is 0. The SMILES string of the molecule is Cc1cccc(NC(=O)[C@@H]2[C@H]3CC[C@H](C3)N2C(=O)Cn2cc(C(N)=O)c3cc(P(=O)(O)O)ccc32)n1. The van der Waals surface area contributed by atoms with Crippen LogP contribution in [0.15, 0.2) is 42.6 Å². The monoisotopic (exact) mass is 511 g/mol. The van der Waals surface area contributed by atoms with Gasteiger partial charge in [0.1, 0.15) is 18.4 Å². The lowest BCUT2D eigenvalue weighted by Crippen LogP contribution is -2.51. The molecule has 3 atom stereocenters. The van der Waals surface area contributed by atoms with Crippen LogP contribution in [0.3, 0.4) is 0 Å². The summed E-state index contributed by atoms with van der Waals surface area (Å²) in [6.45, 7) is 1.67. The third kappa shape index (κ3) is 4.30. The number of hydrogen-bond donors (Lipinski definition) is 4. The fraction of sp³-hybridized carbons (Fsp3) is 0.333. The van der Waals surface area contributed by atoms with Gasteiger partial charge in [0.15, 0.2) is 0 Å². The Morgan fingerprint density at radius 1 is 1.19 bits per heavy atom. The van der Waals surface area contributed by atoms with E-state index in [1.54, 1.807) is 17.0 Å². The van der Waals surface area contributed by atoms with Crippen LogP contribution in [0, 0.1) is 12.8 Å². The molecule has 3 amide bonds. The van der Waals surface area contributed by atoms with Gasteiger partial charge in [-0.25, -0.2) is 4.98 Å². The van der Waals surface area contributed by atoms with Crippen molar-refractivity contribution in [3.63, 3.8) is 0 Å². The number of piperidine rings is 1. The Kier molecular flexibility index (Phi) is 5.94. The van der Waals surface area contributed by atoms with Gasteiger partial charge >= 0.3 is 7.60 Å². The number of nitrogens with one attached hydrogen (secondary N) is 1. The number of rotatable bonds is 6. The molecule has 0 radical (unpaired) electrons. The lowest BCUT2D eigenvalue weighted by Gasteiger charge is -2.34. The number of benzene rings is 1. The number of amides is 3. The van der Waals surface area contributed by atoms with Crippen LogP contribution in [-0.4, -0.2) is 54.0 Å². The molecule has 2 aromatic heterocycles. The van der Waals surface area contributed by atoms with Gasteiger partial charge in [-0.2, -0.15) is 0 Å². The van der Waals surface area contributed by atoms with Gasteiger partial charge in [-0.3, -0.25) is 18.9 Å². The topological polar surface area (TPSA) is 168 Å². The largest absolute Gasteiger partial charge is 0.366 e. The third-order valence-electron chi connectivity index (χ3n) is 7.05. The molecule has 1 aromatic carbocycles. The molecule has 11 nitrogen and oxygen atoms in total. The molecular weight excluding hydrogens is 485 g/mol. The maximum absolute atomic E-state index is 13.5. The minimum Gasteiger partial charge on any atom is -0.366 e. The fourth-order valence-electron chi connectivity index (χ4n) is 5.52. The molecule has 3 heterocycles. The van der Waals surface area contributed by atoms with Gasteiger partial charge in [0, 0.05) is 28.8 Å². The van der Waals surface area contributed by atoms with Crippen LogP contribution in [0.25, 0.3) is 10.9 Å². The number of likely N-dealkylation sites (tertiary alicyclic amines) is 1. The van der Waals surface area contributed by atoms with E-state index in [0.717, 1.165) is 25.0 Å². The number of carbonyl (C=O) groups excluding carboxylic acids is 3. The normalized spacial score (nSPS) is 21.2. The summed E-state index contributed by atoms with van der Waals surface area (Å²) in [5.74, 6) is -0.866. The highest BCUT2D eigenvalue weighted by Gasteiger charge is 2.51. The molecule has 1 aliphatic heterocycles. The van der Waals surface area contributed by atoms with E-state index < -0.39 is 19.5 Å². The Balaban J connectivity index is 1.44. The molecule has 12 heteroatoms. The highest BCUT2D eigenvalue weighted by Crippen LogP contribution is 2.43. The van der Waals surface area contributed by atoms with E-state index in [0.29, 0.717) is 11.3 Å². The van der Waals surface area contributed by atoms with E-state index in [1.165, 1.54) is 29.0 Å². The standard InChI is InChI=1S/C24H26N5O6P/c1-13-3-2-4-20(26-13)27-24(32)22-14-5-6-15(9-14)29(22)21(30)12-28-11-18(23(25)31)17-10-16(36(33,34)35)7-8-19(17)28/h2-4,7-8,10-11,14-15,22H,5-6,9,12H2,1H3,(H2,25,31)(H,26,27,32)(H2,33,34,35)/t14-,15+,22-/m0/s1. The van der Waals surface area contributed by atoms with E-state index in [-0.39, 0.29) is 46.6 Å². The van der Waals surface area contributed by atoms with Crippen molar-refractivity contribution >= 4 is 47.3 Å². The smallest absolute Gasteiger partial charge is 0.356 e. The molecule has 1 aliphatic carbocycles. The van der Waals surface area contributed by atoms with Crippen LogP contribution in [-0.2, 0) is 20.7 Å². The number of hydrogen-bond acceptors (Lipinski definition) is 5. The van der Waals surface area contributed by atoms with Gasteiger partial charge in [0.25, 0.3) is 5.91 Å². The minimum absolute atomic E-state index is 0.0517. The first-order valence-corrected chi connectivity index (χ1v) is 13.2. The predicted octanol–water partition coefficient (Wildman–Crippen LogP) is 1.26. The molecule has 0 unspecified atom stereocenters. The molecule has 3 aromatic rings. The predicted molar refractivity (Wildman–Crippen MR) is 132 cm³/mol. The maximum atomic E-state index is 13.5. The number of nitrogens with zero attached hydrogens (tertiary/aromatic N) is 3. The van der Waals surface area contributed by atoms with Gasteiger partial charge in [-0.05, 0) is 62.4 Å². The number of nitrogens with two attached hydrogens (primary N) is 1. The van der Waals surface area contributed by atoms with E-state index in [9.17, 15) is 28.7 Å². The van der Waals surface area contributed by atoms with Crippen LogP contribution in [0.2, 0.25) is 0 Å². The van der Waals surface area contributed by atoms with E-state index in [1.807, 2.05) is 13.0 Å². The summed E-state index contributed by atoms with van der Waals surface area (Å²) in [5.41, 5.74) is 6.75. The van der Waals surface area contributed by atoms with Gasteiger partial charge in [-0.15, -0.1) is 0 Å². The lowest BCUT2D eigenvalue weighted by atomic mass is 9.97. The number of anilines is 1. The molecule has 188 valence electrons. The summed E-state index contributed by atoms with van der Waals surface area (Å²) in [4.78, 5) is 63.8. The zero-order valence-corrected chi connectivity index (χ0v) is 20.4. The second-order valence-electron chi connectivity index (χ2n) is 9.41. The Hall–Kier alpha value is -3.53. The number of fused-ring (bicyclic) bond motifs is 3. The summed E-state index contributed by atoms with van der Waals surface area (Å²) in [6.07, 6.45) is 3.83. The fourth-order valence-corrected chi connectivity index (χ4v) is 6.08. The van der Waals surface area contributed by atoms with Crippen LogP contribution < -0.4 is 16.4 Å².